The molecule has 0 aliphatic heterocycles. The fraction of sp³-hybridized carbons (Fsp3) is 0.0588. The molecule has 0 unspecified atom stereocenters. The van der Waals surface area contributed by atoms with Gasteiger partial charge in [0.15, 0.2) is 0 Å². The van der Waals surface area contributed by atoms with Gasteiger partial charge >= 0.3 is 0 Å². The second-order valence-electron chi connectivity index (χ2n) is 14.4. The fourth-order valence-electron chi connectivity index (χ4n) is 8.58. The van der Waals surface area contributed by atoms with Crippen LogP contribution in [0.5, 0.6) is 0 Å². The molecule has 2 heteroatoms. The molecule has 8 aromatic carbocycles. The minimum absolute atomic E-state index is 0.227. The van der Waals surface area contributed by atoms with Crippen LogP contribution in [0, 0.1) is 11.8 Å². The molecule has 0 radical (unpaired) electrons. The van der Waals surface area contributed by atoms with Gasteiger partial charge in [0.25, 0.3) is 0 Å². The van der Waals surface area contributed by atoms with Crippen molar-refractivity contribution in [2.24, 2.45) is 0 Å². The predicted octanol–water partition coefficient (Wildman–Crippen LogP) is 13.1. The number of nitrogens with zero attached hydrogens (tertiary/aromatic N) is 2. The van der Waals surface area contributed by atoms with Gasteiger partial charge < -0.3 is 9.47 Å². The first kappa shape index (κ1) is 31.0. The van der Waals surface area contributed by atoms with Gasteiger partial charge in [0.05, 0.1) is 16.7 Å². The number of rotatable bonds is 4. The fourth-order valence-corrected chi connectivity index (χ4v) is 8.58. The molecule has 9 aromatic rings. The van der Waals surface area contributed by atoms with E-state index in [2.05, 4.69) is 217 Å². The highest BCUT2D eigenvalue weighted by atomic mass is 15.1. The number of aromatic nitrogens is 1. The number of anilines is 3. The number of fused-ring (bicyclic) bond motifs is 8. The van der Waals surface area contributed by atoms with Gasteiger partial charge in [-0.15, -0.1) is 0 Å². The average Bonchev–Trinajstić information content (AvgIpc) is 3.67. The Labute approximate surface area is 310 Å². The van der Waals surface area contributed by atoms with Crippen LogP contribution in [0.4, 0.5) is 17.1 Å². The molecular weight excluding hydrogens is 641 g/mol. The highest BCUT2D eigenvalue weighted by Crippen LogP contribution is 2.53. The lowest BCUT2D eigenvalue weighted by Crippen LogP contribution is -2.16. The summed E-state index contributed by atoms with van der Waals surface area (Å²) >= 11 is 0. The quantitative estimate of drug-likeness (QED) is 0.168. The summed E-state index contributed by atoms with van der Waals surface area (Å²) in [4.78, 5) is 2.33. The van der Waals surface area contributed by atoms with Crippen molar-refractivity contribution in [2.45, 2.75) is 19.3 Å². The summed E-state index contributed by atoms with van der Waals surface area (Å²) in [6.45, 7) is 4.75. The summed E-state index contributed by atoms with van der Waals surface area (Å²) in [5, 5.41) is 4.87. The predicted molar refractivity (Wildman–Crippen MR) is 223 cm³/mol. The summed E-state index contributed by atoms with van der Waals surface area (Å²) in [5.41, 5.74) is 14.2. The zero-order valence-electron chi connectivity index (χ0n) is 29.7. The van der Waals surface area contributed by atoms with Crippen molar-refractivity contribution >= 4 is 49.6 Å². The van der Waals surface area contributed by atoms with Crippen LogP contribution in [0.15, 0.2) is 182 Å². The smallest absolute Gasteiger partial charge is 0.0588 e. The Morgan fingerprint density at radius 1 is 0.491 bits per heavy atom. The van der Waals surface area contributed by atoms with Crippen molar-refractivity contribution in [2.75, 3.05) is 4.90 Å². The lowest BCUT2D eigenvalue weighted by molar-refractivity contribution is 0.663. The summed E-state index contributed by atoms with van der Waals surface area (Å²) in [6.07, 6.45) is 0. The maximum Gasteiger partial charge on any atom is 0.0588 e. The van der Waals surface area contributed by atoms with Crippen molar-refractivity contribution in [3.8, 4) is 28.7 Å². The second kappa shape index (κ2) is 12.2. The van der Waals surface area contributed by atoms with Crippen LogP contribution >= 0.6 is 0 Å². The van der Waals surface area contributed by atoms with E-state index in [1.165, 1.54) is 49.7 Å². The zero-order valence-corrected chi connectivity index (χ0v) is 29.7. The van der Waals surface area contributed by atoms with Crippen molar-refractivity contribution in [3.05, 3.63) is 204 Å². The van der Waals surface area contributed by atoms with E-state index in [1.54, 1.807) is 0 Å². The minimum Gasteiger partial charge on any atom is -0.310 e. The van der Waals surface area contributed by atoms with E-state index in [4.69, 9.17) is 0 Å². The van der Waals surface area contributed by atoms with E-state index in [-0.39, 0.29) is 5.41 Å². The van der Waals surface area contributed by atoms with Crippen molar-refractivity contribution < 1.29 is 0 Å². The second-order valence-corrected chi connectivity index (χ2v) is 14.4. The molecular formula is C51H36N2. The maximum atomic E-state index is 3.59. The van der Waals surface area contributed by atoms with Crippen molar-refractivity contribution in [3.63, 3.8) is 0 Å². The molecule has 1 aromatic heterocycles. The van der Waals surface area contributed by atoms with Gasteiger partial charge in [0.2, 0.25) is 0 Å². The molecule has 1 aliphatic carbocycles. The van der Waals surface area contributed by atoms with Crippen LogP contribution in [-0.2, 0) is 5.41 Å². The van der Waals surface area contributed by atoms with Gasteiger partial charge in [-0.2, -0.15) is 0 Å². The largest absolute Gasteiger partial charge is 0.310 e. The molecule has 2 nitrogen and oxygen atoms in total. The molecule has 0 fully saturated rings. The Kier molecular flexibility index (Phi) is 7.10. The third kappa shape index (κ3) is 4.90. The topological polar surface area (TPSA) is 8.17 Å². The van der Waals surface area contributed by atoms with Gasteiger partial charge in [-0.1, -0.05) is 141 Å². The SMILES string of the molecule is CC1(C)c2cc(C#Cc3ccc(N(c4ccccc4)c4ccccc4)c4ccccc34)ccc2-c2ccc3c4ccccc4n(-c4ccccc4)c3c21. The number of benzene rings is 8. The van der Waals surface area contributed by atoms with Crippen LogP contribution in [0.2, 0.25) is 0 Å². The first-order chi connectivity index (χ1) is 26.1. The third-order valence-corrected chi connectivity index (χ3v) is 11.0. The summed E-state index contributed by atoms with van der Waals surface area (Å²) in [6, 6.07) is 65.2. The molecule has 1 heterocycles. The lowest BCUT2D eigenvalue weighted by Gasteiger charge is -2.27. The lowest BCUT2D eigenvalue weighted by atomic mass is 9.81. The van der Waals surface area contributed by atoms with Crippen molar-refractivity contribution in [1.29, 1.82) is 0 Å². The monoisotopic (exact) mass is 676 g/mol. The molecule has 0 atom stereocenters. The zero-order chi connectivity index (χ0) is 35.5. The normalized spacial score (nSPS) is 12.7. The number of para-hydroxylation sites is 4. The molecule has 0 saturated carbocycles. The van der Waals surface area contributed by atoms with Gasteiger partial charge in [0.1, 0.15) is 0 Å². The summed E-state index contributed by atoms with van der Waals surface area (Å²) in [7, 11) is 0. The van der Waals surface area contributed by atoms with Crippen LogP contribution in [0.25, 0.3) is 49.4 Å². The molecule has 250 valence electrons. The van der Waals surface area contributed by atoms with Crippen LogP contribution in [-0.4, -0.2) is 4.57 Å². The highest BCUT2D eigenvalue weighted by molar-refractivity contribution is 6.13. The highest BCUT2D eigenvalue weighted by Gasteiger charge is 2.38. The standard InChI is InChI=1S/C51H36N2/c1-51(2)46-34-35(27-30-41(46)44-31-32-45-43-24-14-15-25-47(43)53(50(45)49(44)51)39-20-10-5-11-21-39)26-28-36-29-33-48(42-23-13-12-22-40(36)42)52(37-16-6-3-7-17-37)38-18-8-4-9-19-38/h3-25,27,29-34H,1-2H3. The number of hydrogen-bond acceptors (Lipinski definition) is 1. The molecule has 0 spiro atoms. The summed E-state index contributed by atoms with van der Waals surface area (Å²) < 4.78 is 2.46. The molecule has 10 rings (SSSR count). The first-order valence-corrected chi connectivity index (χ1v) is 18.3. The molecule has 0 N–H and O–H groups in total. The Morgan fingerprint density at radius 2 is 1.09 bits per heavy atom. The molecule has 0 bridgehead atoms. The summed E-state index contributed by atoms with van der Waals surface area (Å²) in [5.74, 6) is 7.18. The van der Waals surface area contributed by atoms with E-state index in [9.17, 15) is 0 Å². The number of hydrogen-bond donors (Lipinski definition) is 0. The Hall–Kier alpha value is -6.82. The minimum atomic E-state index is -0.227. The first-order valence-electron chi connectivity index (χ1n) is 18.3. The van der Waals surface area contributed by atoms with Crippen LogP contribution < -0.4 is 4.90 Å². The van der Waals surface area contributed by atoms with E-state index in [0.29, 0.717) is 0 Å². The molecule has 0 saturated heterocycles. The maximum absolute atomic E-state index is 3.59. The van der Waals surface area contributed by atoms with E-state index in [0.717, 1.165) is 39.0 Å². The van der Waals surface area contributed by atoms with Gasteiger partial charge in [0, 0.05) is 49.8 Å². The van der Waals surface area contributed by atoms with E-state index in [1.807, 2.05) is 0 Å². The van der Waals surface area contributed by atoms with Crippen LogP contribution in [0.3, 0.4) is 0 Å². The van der Waals surface area contributed by atoms with E-state index < -0.39 is 0 Å². The Bertz CT molecular complexity index is 2870. The van der Waals surface area contributed by atoms with Gasteiger partial charge in [-0.05, 0) is 94.4 Å². The Morgan fingerprint density at radius 3 is 1.81 bits per heavy atom. The van der Waals surface area contributed by atoms with Gasteiger partial charge in [-0.3, -0.25) is 0 Å². The molecule has 0 amide bonds. The molecule has 1 aliphatic rings. The molecule has 53 heavy (non-hydrogen) atoms. The third-order valence-electron chi connectivity index (χ3n) is 11.0. The Balaban J connectivity index is 1.08. The van der Waals surface area contributed by atoms with Gasteiger partial charge in [-0.25, -0.2) is 0 Å². The van der Waals surface area contributed by atoms with E-state index >= 15 is 0 Å². The van der Waals surface area contributed by atoms with Crippen LogP contribution in [0.1, 0.15) is 36.1 Å². The average molecular weight is 677 g/mol. The van der Waals surface area contributed by atoms with Crippen molar-refractivity contribution in [1.82, 2.24) is 4.57 Å².